The van der Waals surface area contributed by atoms with Gasteiger partial charge in [0.1, 0.15) is 6.10 Å². The van der Waals surface area contributed by atoms with Crippen molar-refractivity contribution in [2.24, 2.45) is 0 Å². The van der Waals surface area contributed by atoms with Crippen LogP contribution in [0.15, 0.2) is 73.2 Å². The van der Waals surface area contributed by atoms with Crippen LogP contribution in [-0.2, 0) is 16.1 Å². The molecule has 1 amide bonds. The number of carbonyl (C=O) groups is 1. The summed E-state index contributed by atoms with van der Waals surface area (Å²) in [4.78, 5) is 17.3. The molecule has 1 aliphatic rings. The van der Waals surface area contributed by atoms with E-state index >= 15 is 0 Å². The Morgan fingerprint density at radius 2 is 1.96 bits per heavy atom. The second kappa shape index (κ2) is 8.82. The predicted molar refractivity (Wildman–Crippen MR) is 105 cm³/mol. The van der Waals surface area contributed by atoms with Crippen molar-refractivity contribution in [3.05, 3.63) is 84.4 Å². The molecule has 144 valence electrons. The second-order valence-electron chi connectivity index (χ2n) is 6.72. The summed E-state index contributed by atoms with van der Waals surface area (Å²) in [6.07, 6.45) is 6.11. The van der Waals surface area contributed by atoms with Crippen LogP contribution in [0.25, 0.3) is 5.69 Å². The molecule has 1 aromatic carbocycles. The van der Waals surface area contributed by atoms with Crippen LogP contribution in [0.1, 0.15) is 22.5 Å². The second-order valence-corrected chi connectivity index (χ2v) is 6.72. The summed E-state index contributed by atoms with van der Waals surface area (Å²) in [5, 5.41) is 3.15. The van der Waals surface area contributed by atoms with Crippen LogP contribution in [0.4, 0.5) is 0 Å². The van der Waals surface area contributed by atoms with Gasteiger partial charge in [0.05, 0.1) is 36.2 Å². The van der Waals surface area contributed by atoms with Gasteiger partial charge in [-0.15, -0.1) is 0 Å². The molecule has 0 bridgehead atoms. The van der Waals surface area contributed by atoms with E-state index in [1.54, 1.807) is 6.20 Å². The molecule has 0 spiro atoms. The molecular weight excluding hydrogens is 354 g/mol. The minimum atomic E-state index is -0.210. The van der Waals surface area contributed by atoms with Gasteiger partial charge in [-0.1, -0.05) is 18.2 Å². The summed E-state index contributed by atoms with van der Waals surface area (Å²) in [6, 6.07) is 17.1. The van der Waals surface area contributed by atoms with Gasteiger partial charge >= 0.3 is 0 Å². The van der Waals surface area contributed by atoms with Gasteiger partial charge in [-0.2, -0.15) is 0 Å². The third kappa shape index (κ3) is 4.30. The first-order valence-corrected chi connectivity index (χ1v) is 9.44. The molecule has 3 aromatic rings. The van der Waals surface area contributed by atoms with Crippen molar-refractivity contribution >= 4 is 5.91 Å². The Hall–Kier alpha value is -2.96. The molecule has 3 heterocycles. The lowest BCUT2D eigenvalue weighted by Crippen LogP contribution is -2.50. The van der Waals surface area contributed by atoms with Crippen LogP contribution < -0.4 is 5.32 Å². The zero-order valence-electron chi connectivity index (χ0n) is 15.5. The maximum atomic E-state index is 13.0. The van der Waals surface area contributed by atoms with E-state index in [1.165, 1.54) is 0 Å². The van der Waals surface area contributed by atoms with Gasteiger partial charge in [-0.25, -0.2) is 0 Å². The van der Waals surface area contributed by atoms with Crippen molar-refractivity contribution in [2.75, 3.05) is 13.2 Å². The monoisotopic (exact) mass is 377 g/mol. The Morgan fingerprint density at radius 3 is 2.79 bits per heavy atom. The van der Waals surface area contributed by atoms with Gasteiger partial charge in [0.2, 0.25) is 0 Å². The van der Waals surface area contributed by atoms with Crippen LogP contribution in [0, 0.1) is 0 Å². The van der Waals surface area contributed by atoms with Gasteiger partial charge in [-0.05, 0) is 42.8 Å². The quantitative estimate of drug-likeness (QED) is 0.717. The van der Waals surface area contributed by atoms with E-state index in [0.29, 0.717) is 31.8 Å². The smallest absolute Gasteiger partial charge is 0.253 e. The minimum absolute atomic E-state index is 0.109. The highest BCUT2D eigenvalue weighted by Gasteiger charge is 2.29. The summed E-state index contributed by atoms with van der Waals surface area (Å²) in [6.45, 7) is 1.45. The molecule has 1 fully saturated rings. The largest absolute Gasteiger partial charge is 0.379 e. The fourth-order valence-corrected chi connectivity index (χ4v) is 3.35. The van der Waals surface area contributed by atoms with E-state index in [0.717, 1.165) is 11.4 Å². The normalized spacial score (nSPS) is 19.3. The van der Waals surface area contributed by atoms with Gasteiger partial charge in [-0.3, -0.25) is 9.78 Å². The lowest BCUT2D eigenvalue weighted by Gasteiger charge is -2.32. The summed E-state index contributed by atoms with van der Waals surface area (Å²) >= 11 is 0. The Bertz CT molecular complexity index is 896. The van der Waals surface area contributed by atoms with Gasteiger partial charge in [0, 0.05) is 25.2 Å². The number of nitrogens with one attached hydrogen (secondary N) is 1. The van der Waals surface area contributed by atoms with Crippen LogP contribution >= 0.6 is 0 Å². The fraction of sp³-hybridized carbons (Fsp3) is 0.273. The van der Waals surface area contributed by atoms with E-state index in [2.05, 4.69) is 10.3 Å². The van der Waals surface area contributed by atoms with Crippen molar-refractivity contribution in [1.29, 1.82) is 0 Å². The number of ether oxygens (including phenoxy) is 2. The van der Waals surface area contributed by atoms with Crippen molar-refractivity contribution in [2.45, 2.75) is 25.2 Å². The van der Waals surface area contributed by atoms with E-state index in [1.807, 2.05) is 71.6 Å². The summed E-state index contributed by atoms with van der Waals surface area (Å²) in [7, 11) is 0. The number of benzene rings is 1. The molecule has 1 saturated heterocycles. The standard InChI is InChI=1S/C22H23N3O3/c26-22(18-8-1-2-9-20(18)25-12-5-6-13-25)24-19-10-14-27-16-21(19)28-15-17-7-3-4-11-23-17/h1-9,11-13,19,21H,10,14-16H2,(H,24,26)/t19-,21-/m1/s1. The average Bonchev–Trinajstić information content (AvgIpc) is 3.29. The minimum Gasteiger partial charge on any atom is -0.379 e. The zero-order chi connectivity index (χ0) is 19.2. The summed E-state index contributed by atoms with van der Waals surface area (Å²) in [5.74, 6) is -0.109. The summed E-state index contributed by atoms with van der Waals surface area (Å²) in [5.41, 5.74) is 2.34. The Morgan fingerprint density at radius 1 is 1.14 bits per heavy atom. The molecule has 1 aliphatic heterocycles. The molecule has 4 rings (SSSR count). The summed E-state index contributed by atoms with van der Waals surface area (Å²) < 4.78 is 13.5. The Labute approximate surface area is 164 Å². The maximum absolute atomic E-state index is 13.0. The van der Waals surface area contributed by atoms with Gasteiger partial charge < -0.3 is 19.4 Å². The molecule has 1 N–H and O–H groups in total. The van der Waals surface area contributed by atoms with Crippen LogP contribution in [0.5, 0.6) is 0 Å². The van der Waals surface area contributed by atoms with E-state index in [-0.39, 0.29) is 18.1 Å². The Balaban J connectivity index is 1.45. The topological polar surface area (TPSA) is 65.4 Å². The maximum Gasteiger partial charge on any atom is 0.253 e. The number of pyridine rings is 1. The first kappa shape index (κ1) is 18.4. The number of aromatic nitrogens is 2. The van der Waals surface area contributed by atoms with Gasteiger partial charge in [0.25, 0.3) is 5.91 Å². The highest BCUT2D eigenvalue weighted by molar-refractivity contribution is 5.98. The van der Waals surface area contributed by atoms with E-state index < -0.39 is 0 Å². The fourth-order valence-electron chi connectivity index (χ4n) is 3.35. The first-order valence-electron chi connectivity index (χ1n) is 9.44. The number of hydrogen-bond donors (Lipinski definition) is 1. The van der Waals surface area contributed by atoms with E-state index in [4.69, 9.17) is 9.47 Å². The number of carbonyl (C=O) groups excluding carboxylic acids is 1. The highest BCUT2D eigenvalue weighted by Crippen LogP contribution is 2.18. The predicted octanol–water partition coefficient (Wildman–Crippen LogP) is 2.98. The van der Waals surface area contributed by atoms with Crippen LogP contribution in [-0.4, -0.2) is 40.8 Å². The number of nitrogens with zero attached hydrogens (tertiary/aromatic N) is 2. The molecule has 0 unspecified atom stereocenters. The van der Waals surface area contributed by atoms with Crippen LogP contribution in [0.2, 0.25) is 0 Å². The molecule has 2 aromatic heterocycles. The van der Waals surface area contributed by atoms with Crippen molar-refractivity contribution in [3.63, 3.8) is 0 Å². The molecular formula is C22H23N3O3. The number of para-hydroxylation sites is 1. The van der Waals surface area contributed by atoms with Gasteiger partial charge in [0.15, 0.2) is 0 Å². The average molecular weight is 377 g/mol. The van der Waals surface area contributed by atoms with Crippen molar-refractivity contribution < 1.29 is 14.3 Å². The molecule has 2 atom stereocenters. The van der Waals surface area contributed by atoms with Crippen molar-refractivity contribution in [1.82, 2.24) is 14.9 Å². The zero-order valence-corrected chi connectivity index (χ0v) is 15.5. The number of amides is 1. The van der Waals surface area contributed by atoms with E-state index in [9.17, 15) is 4.79 Å². The number of rotatable bonds is 6. The lowest BCUT2D eigenvalue weighted by molar-refractivity contribution is -0.0743. The highest BCUT2D eigenvalue weighted by atomic mass is 16.5. The third-order valence-electron chi connectivity index (χ3n) is 4.82. The van der Waals surface area contributed by atoms with Crippen molar-refractivity contribution in [3.8, 4) is 5.69 Å². The SMILES string of the molecule is O=C(N[C@@H]1CCOC[C@H]1OCc1ccccn1)c1ccccc1-n1cccc1. The lowest BCUT2D eigenvalue weighted by atomic mass is 10.0. The third-order valence-corrected chi connectivity index (χ3v) is 4.82. The molecule has 0 saturated carbocycles. The molecule has 0 aliphatic carbocycles. The first-order chi connectivity index (χ1) is 13.8. The van der Waals surface area contributed by atoms with Crippen LogP contribution in [0.3, 0.4) is 0 Å². The molecule has 6 nitrogen and oxygen atoms in total. The molecule has 28 heavy (non-hydrogen) atoms. The molecule has 6 heteroatoms. The number of hydrogen-bond acceptors (Lipinski definition) is 4. The molecule has 0 radical (unpaired) electrons. The Kier molecular flexibility index (Phi) is 5.80.